The topological polar surface area (TPSA) is 55.8 Å². The van der Waals surface area contributed by atoms with Gasteiger partial charge in [0.1, 0.15) is 0 Å². The quantitative estimate of drug-likeness (QED) is 0.607. The van der Waals surface area contributed by atoms with Crippen LogP contribution in [0.1, 0.15) is 58.3 Å². The lowest BCUT2D eigenvalue weighted by Gasteiger charge is -2.42. The lowest BCUT2D eigenvalue weighted by molar-refractivity contribution is 0.0341. The molecule has 0 aromatic carbocycles. The number of urea groups is 1. The molecule has 0 aromatic rings. The van der Waals surface area contributed by atoms with Crippen LogP contribution >= 0.6 is 0 Å². The summed E-state index contributed by atoms with van der Waals surface area (Å²) in [4.78, 5) is 16.2. The molecular weight excluding hydrogens is 290 g/mol. The summed E-state index contributed by atoms with van der Waals surface area (Å²) >= 11 is 0. The van der Waals surface area contributed by atoms with Crippen molar-refractivity contribution >= 4 is 6.03 Å². The summed E-state index contributed by atoms with van der Waals surface area (Å²) in [5, 5.41) is 12.8. The van der Waals surface area contributed by atoms with E-state index < -0.39 is 0 Å². The summed E-state index contributed by atoms with van der Waals surface area (Å²) in [6, 6.07) is 0.0648. The predicted octanol–water partition coefficient (Wildman–Crippen LogP) is 2.69. The van der Waals surface area contributed by atoms with Crippen LogP contribution in [-0.4, -0.2) is 67.8 Å². The molecule has 0 unspecified atom stereocenters. The number of hydrogen-bond donors (Lipinski definition) is 2. The first-order valence-electron chi connectivity index (χ1n) is 9.31. The highest BCUT2D eigenvalue weighted by molar-refractivity contribution is 5.74. The van der Waals surface area contributed by atoms with Crippen LogP contribution in [0.2, 0.25) is 0 Å². The number of rotatable bonds is 10. The highest BCUT2D eigenvalue weighted by Gasteiger charge is 2.35. The van der Waals surface area contributed by atoms with Gasteiger partial charge >= 0.3 is 6.03 Å². The zero-order valence-electron chi connectivity index (χ0n) is 15.4. The number of aliphatic hydroxyl groups is 1. The Bertz CT molecular complexity index is 326. The van der Waals surface area contributed by atoms with Crippen molar-refractivity contribution in [2.75, 3.05) is 46.9 Å². The van der Waals surface area contributed by atoms with Crippen molar-refractivity contribution in [1.82, 2.24) is 15.1 Å². The lowest BCUT2D eigenvalue weighted by atomic mass is 9.79. The van der Waals surface area contributed by atoms with Crippen LogP contribution in [0.5, 0.6) is 0 Å². The molecule has 1 saturated heterocycles. The molecule has 0 spiro atoms. The molecule has 0 saturated carbocycles. The third kappa shape index (κ3) is 7.53. The predicted molar refractivity (Wildman–Crippen MR) is 95.7 cm³/mol. The number of amides is 2. The Morgan fingerprint density at radius 3 is 2.30 bits per heavy atom. The first-order valence-corrected chi connectivity index (χ1v) is 9.31. The maximum Gasteiger partial charge on any atom is 0.317 e. The van der Waals surface area contributed by atoms with Crippen molar-refractivity contribution in [3.63, 3.8) is 0 Å². The molecule has 1 aliphatic heterocycles. The Balaban J connectivity index is 2.19. The summed E-state index contributed by atoms with van der Waals surface area (Å²) in [6.07, 6.45) is 9.22. The maximum atomic E-state index is 12.2. The van der Waals surface area contributed by atoms with Crippen LogP contribution < -0.4 is 5.32 Å². The van der Waals surface area contributed by atoms with Crippen LogP contribution in [-0.2, 0) is 0 Å². The van der Waals surface area contributed by atoms with Crippen LogP contribution in [0.3, 0.4) is 0 Å². The van der Waals surface area contributed by atoms with Gasteiger partial charge in [-0.3, -0.25) is 0 Å². The molecule has 2 amide bonds. The number of aliphatic hydroxyl groups excluding tert-OH is 1. The number of nitrogens with one attached hydrogen (secondary N) is 1. The van der Waals surface area contributed by atoms with Crippen molar-refractivity contribution in [3.8, 4) is 0 Å². The van der Waals surface area contributed by atoms with Gasteiger partial charge in [0.05, 0.1) is 6.61 Å². The van der Waals surface area contributed by atoms with Gasteiger partial charge in [0.2, 0.25) is 0 Å². The van der Waals surface area contributed by atoms with E-state index in [9.17, 15) is 9.90 Å². The third-order valence-corrected chi connectivity index (χ3v) is 4.90. The number of likely N-dealkylation sites (tertiary alicyclic amines) is 1. The molecule has 1 aliphatic rings. The van der Waals surface area contributed by atoms with E-state index in [1.165, 1.54) is 32.1 Å². The fourth-order valence-electron chi connectivity index (χ4n) is 3.43. The van der Waals surface area contributed by atoms with Gasteiger partial charge in [-0.05, 0) is 33.4 Å². The van der Waals surface area contributed by atoms with Crippen molar-refractivity contribution in [1.29, 1.82) is 0 Å². The monoisotopic (exact) mass is 327 g/mol. The zero-order chi connectivity index (χ0) is 17.1. The second-order valence-corrected chi connectivity index (χ2v) is 7.38. The summed E-state index contributed by atoms with van der Waals surface area (Å²) in [5.41, 5.74) is -0.0421. The second-order valence-electron chi connectivity index (χ2n) is 7.38. The van der Waals surface area contributed by atoms with E-state index in [-0.39, 0.29) is 18.1 Å². The van der Waals surface area contributed by atoms with Gasteiger partial charge in [0, 0.05) is 31.6 Å². The third-order valence-electron chi connectivity index (χ3n) is 4.90. The van der Waals surface area contributed by atoms with E-state index in [1.807, 2.05) is 19.0 Å². The molecule has 0 aromatic heterocycles. The van der Waals surface area contributed by atoms with E-state index in [4.69, 9.17) is 0 Å². The van der Waals surface area contributed by atoms with Gasteiger partial charge in [-0.2, -0.15) is 0 Å². The van der Waals surface area contributed by atoms with Crippen molar-refractivity contribution in [2.45, 2.75) is 58.3 Å². The molecule has 0 bridgehead atoms. The number of hydrogen-bond acceptors (Lipinski definition) is 3. The summed E-state index contributed by atoms with van der Waals surface area (Å²) in [5.74, 6) is 0. The van der Waals surface area contributed by atoms with E-state index in [2.05, 4.69) is 17.1 Å². The smallest absolute Gasteiger partial charge is 0.317 e. The zero-order valence-corrected chi connectivity index (χ0v) is 15.4. The van der Waals surface area contributed by atoms with E-state index in [1.54, 1.807) is 0 Å². The Morgan fingerprint density at radius 1 is 1.13 bits per heavy atom. The molecular formula is C18H37N3O2. The Kier molecular flexibility index (Phi) is 9.56. The number of piperidine rings is 1. The van der Waals surface area contributed by atoms with E-state index >= 15 is 0 Å². The first kappa shape index (κ1) is 20.2. The highest BCUT2D eigenvalue weighted by Crippen LogP contribution is 2.31. The fourth-order valence-corrected chi connectivity index (χ4v) is 3.43. The normalized spacial score (nSPS) is 17.5. The first-order chi connectivity index (χ1) is 11.0. The number of carbonyl (C=O) groups excluding carboxylic acids is 1. The average Bonchev–Trinajstić information content (AvgIpc) is 2.54. The summed E-state index contributed by atoms with van der Waals surface area (Å²) in [6.45, 7) is 5.59. The minimum absolute atomic E-state index is 0.0421. The van der Waals surface area contributed by atoms with Crippen LogP contribution in [0.25, 0.3) is 0 Å². The molecule has 0 radical (unpaired) electrons. The summed E-state index contributed by atoms with van der Waals surface area (Å²) in [7, 11) is 4.08. The highest BCUT2D eigenvalue weighted by atomic mass is 16.3. The SMILES string of the molecule is CCCCCCCCNC(=O)N1CCC(CO)(CN(C)C)CC1. The minimum atomic E-state index is -0.0421. The molecule has 5 heteroatoms. The van der Waals surface area contributed by atoms with Gasteiger partial charge in [0.25, 0.3) is 0 Å². The average molecular weight is 328 g/mol. The molecule has 1 fully saturated rings. The standard InChI is InChI=1S/C18H37N3O2/c1-4-5-6-7-8-9-12-19-17(23)21-13-10-18(16-22,11-14-21)15-20(2)3/h22H,4-16H2,1-3H3,(H,19,23). The van der Waals surface area contributed by atoms with Gasteiger partial charge in [0.15, 0.2) is 0 Å². The Labute approximate surface area is 142 Å². The molecule has 23 heavy (non-hydrogen) atoms. The lowest BCUT2D eigenvalue weighted by Crippen LogP contribution is -2.51. The second kappa shape index (κ2) is 10.9. The number of nitrogens with zero attached hydrogens (tertiary/aromatic N) is 2. The number of carbonyl (C=O) groups is 1. The Morgan fingerprint density at radius 2 is 1.74 bits per heavy atom. The van der Waals surface area contributed by atoms with E-state index in [0.29, 0.717) is 0 Å². The molecule has 0 aliphatic carbocycles. The van der Waals surface area contributed by atoms with Crippen molar-refractivity contribution in [3.05, 3.63) is 0 Å². The number of unbranched alkanes of at least 4 members (excludes halogenated alkanes) is 5. The van der Waals surface area contributed by atoms with Crippen LogP contribution in [0, 0.1) is 5.41 Å². The molecule has 136 valence electrons. The fraction of sp³-hybridized carbons (Fsp3) is 0.944. The van der Waals surface area contributed by atoms with Crippen molar-refractivity contribution < 1.29 is 9.90 Å². The van der Waals surface area contributed by atoms with Gasteiger partial charge in [-0.1, -0.05) is 39.0 Å². The van der Waals surface area contributed by atoms with Crippen molar-refractivity contribution in [2.24, 2.45) is 5.41 Å². The summed E-state index contributed by atoms with van der Waals surface area (Å²) < 4.78 is 0. The van der Waals surface area contributed by atoms with Crippen LogP contribution in [0.15, 0.2) is 0 Å². The van der Waals surface area contributed by atoms with Gasteiger partial charge < -0.3 is 20.2 Å². The minimum Gasteiger partial charge on any atom is -0.396 e. The van der Waals surface area contributed by atoms with E-state index in [0.717, 1.165) is 45.4 Å². The molecule has 1 heterocycles. The molecule has 5 nitrogen and oxygen atoms in total. The molecule has 0 atom stereocenters. The van der Waals surface area contributed by atoms with Gasteiger partial charge in [-0.15, -0.1) is 0 Å². The largest absolute Gasteiger partial charge is 0.396 e. The van der Waals surface area contributed by atoms with Crippen LogP contribution in [0.4, 0.5) is 4.79 Å². The molecule has 2 N–H and O–H groups in total. The molecule has 1 rings (SSSR count). The van der Waals surface area contributed by atoms with Gasteiger partial charge in [-0.25, -0.2) is 4.79 Å². The Hall–Kier alpha value is -0.810. The maximum absolute atomic E-state index is 12.2.